The zero-order valence-corrected chi connectivity index (χ0v) is 15.9. The highest BCUT2D eigenvalue weighted by Gasteiger charge is 2.16. The Balaban J connectivity index is 2.11. The van der Waals surface area contributed by atoms with Crippen molar-refractivity contribution in [2.24, 2.45) is 5.16 Å². The second kappa shape index (κ2) is 10.5. The lowest BCUT2D eigenvalue weighted by molar-refractivity contribution is -0.133. The fraction of sp³-hybridized carbons (Fsp3) is 0.182. The van der Waals surface area contributed by atoms with Crippen LogP contribution in [0.4, 0.5) is 4.39 Å². The number of hydrogen-bond donors (Lipinski definition) is 0. The maximum absolute atomic E-state index is 12.9. The van der Waals surface area contributed by atoms with Gasteiger partial charge in [-0.3, -0.25) is 0 Å². The van der Waals surface area contributed by atoms with Crippen LogP contribution >= 0.6 is 0 Å². The van der Waals surface area contributed by atoms with Gasteiger partial charge in [0.05, 0.1) is 20.5 Å². The van der Waals surface area contributed by atoms with Gasteiger partial charge < -0.3 is 14.3 Å². The normalized spacial score (nSPS) is 11.3. The second-order valence-corrected chi connectivity index (χ2v) is 5.62. The van der Waals surface area contributed by atoms with Crippen molar-refractivity contribution in [3.63, 3.8) is 0 Å². The first-order valence-corrected chi connectivity index (χ1v) is 8.39. The first kappa shape index (κ1) is 20.7. The van der Waals surface area contributed by atoms with Gasteiger partial charge in [-0.15, -0.1) is 0 Å². The Morgan fingerprint density at radius 1 is 1.14 bits per heavy atom. The van der Waals surface area contributed by atoms with E-state index in [2.05, 4.69) is 17.0 Å². The number of carbonyl (C=O) groups excluding carboxylic acids is 1. The Bertz CT molecular complexity index is 937. The molecule has 2 aromatic carbocycles. The van der Waals surface area contributed by atoms with E-state index in [-0.39, 0.29) is 18.0 Å². The van der Waals surface area contributed by atoms with Crippen LogP contribution in [0, 0.1) is 17.7 Å². The monoisotopic (exact) mass is 381 g/mol. The van der Waals surface area contributed by atoms with Gasteiger partial charge in [0, 0.05) is 11.1 Å². The Morgan fingerprint density at radius 2 is 1.86 bits per heavy atom. The maximum atomic E-state index is 12.9. The van der Waals surface area contributed by atoms with Gasteiger partial charge in [-0.25, -0.2) is 9.18 Å². The molecule has 0 saturated carbocycles. The van der Waals surface area contributed by atoms with Crippen LogP contribution in [0.2, 0.25) is 0 Å². The van der Waals surface area contributed by atoms with Crippen LogP contribution in [0.3, 0.4) is 0 Å². The van der Waals surface area contributed by atoms with E-state index in [9.17, 15) is 9.18 Å². The minimum absolute atomic E-state index is 0.129. The highest BCUT2D eigenvalue weighted by molar-refractivity contribution is 6.16. The lowest BCUT2D eigenvalue weighted by Gasteiger charge is -2.10. The van der Waals surface area contributed by atoms with E-state index in [1.54, 1.807) is 31.2 Å². The number of halogens is 1. The van der Waals surface area contributed by atoms with Gasteiger partial charge in [0.15, 0.2) is 0 Å². The number of hydrogen-bond acceptors (Lipinski definition) is 5. The number of esters is 1. The summed E-state index contributed by atoms with van der Waals surface area (Å²) in [6, 6.07) is 13.1. The van der Waals surface area contributed by atoms with Gasteiger partial charge in [-0.1, -0.05) is 35.3 Å². The van der Waals surface area contributed by atoms with Crippen molar-refractivity contribution in [3.05, 3.63) is 77.3 Å². The first-order chi connectivity index (χ1) is 13.5. The number of methoxy groups -OCH3 is 2. The molecular formula is C22H20FNO4. The van der Waals surface area contributed by atoms with Crippen LogP contribution in [0.15, 0.2) is 59.9 Å². The van der Waals surface area contributed by atoms with Crippen molar-refractivity contribution in [2.75, 3.05) is 14.2 Å². The molecule has 0 amide bonds. The highest BCUT2D eigenvalue weighted by Crippen LogP contribution is 2.21. The average Bonchev–Trinajstić information content (AvgIpc) is 2.71. The zero-order chi connectivity index (χ0) is 20.4. The van der Waals surface area contributed by atoms with E-state index in [1.165, 1.54) is 32.6 Å². The third-order valence-electron chi connectivity index (χ3n) is 3.60. The molecule has 0 unspecified atom stereocenters. The molecule has 0 aliphatic carbocycles. The number of carbonyl (C=O) groups is 1. The lowest BCUT2D eigenvalue weighted by atomic mass is 10.0. The standard InChI is InChI=1S/C22H20FNO4/c1-16(8-9-17-10-12-19(23)13-11-17)24-28-14-18-6-4-5-7-20(18)21(15-26-2)22(25)27-3/h4-7,10-13,15H,14H2,1-3H3/b21-15+,24-16+. The summed E-state index contributed by atoms with van der Waals surface area (Å²) in [4.78, 5) is 17.4. The van der Waals surface area contributed by atoms with Gasteiger partial charge >= 0.3 is 5.97 Å². The molecule has 0 aliphatic heterocycles. The predicted molar refractivity (Wildman–Crippen MR) is 105 cm³/mol. The van der Waals surface area contributed by atoms with Crippen LogP contribution in [-0.2, 0) is 25.7 Å². The molecule has 28 heavy (non-hydrogen) atoms. The summed E-state index contributed by atoms with van der Waals surface area (Å²) in [7, 11) is 2.76. The molecule has 5 nitrogen and oxygen atoms in total. The lowest BCUT2D eigenvalue weighted by Crippen LogP contribution is -2.07. The molecule has 2 rings (SSSR count). The van der Waals surface area contributed by atoms with E-state index in [0.717, 1.165) is 5.56 Å². The molecule has 2 aromatic rings. The van der Waals surface area contributed by atoms with E-state index in [0.29, 0.717) is 16.8 Å². The average molecular weight is 381 g/mol. The topological polar surface area (TPSA) is 57.1 Å². The molecule has 6 heteroatoms. The maximum Gasteiger partial charge on any atom is 0.341 e. The molecule has 0 fully saturated rings. The number of oxime groups is 1. The molecule has 0 atom stereocenters. The number of ether oxygens (including phenoxy) is 2. The third-order valence-corrected chi connectivity index (χ3v) is 3.60. The molecule has 0 aliphatic rings. The smallest absolute Gasteiger partial charge is 0.341 e. The summed E-state index contributed by atoms with van der Waals surface area (Å²) in [5, 5.41) is 3.97. The van der Waals surface area contributed by atoms with E-state index >= 15 is 0 Å². The van der Waals surface area contributed by atoms with Crippen LogP contribution in [0.25, 0.3) is 5.57 Å². The minimum atomic E-state index is -0.515. The minimum Gasteiger partial charge on any atom is -0.503 e. The third kappa shape index (κ3) is 5.99. The van der Waals surface area contributed by atoms with E-state index in [1.807, 2.05) is 12.1 Å². The van der Waals surface area contributed by atoms with Gasteiger partial charge in [-0.05, 0) is 42.7 Å². The molecule has 0 heterocycles. The molecule has 144 valence electrons. The predicted octanol–water partition coefficient (Wildman–Crippen LogP) is 3.93. The summed E-state index contributed by atoms with van der Waals surface area (Å²) < 4.78 is 22.7. The number of nitrogens with zero attached hydrogens (tertiary/aromatic N) is 1. The largest absolute Gasteiger partial charge is 0.503 e. The Hall–Kier alpha value is -3.59. The van der Waals surface area contributed by atoms with Crippen molar-refractivity contribution >= 4 is 17.3 Å². The van der Waals surface area contributed by atoms with Gasteiger partial charge in [0.25, 0.3) is 0 Å². The van der Waals surface area contributed by atoms with Gasteiger partial charge in [0.2, 0.25) is 0 Å². The Morgan fingerprint density at radius 3 is 2.54 bits per heavy atom. The fourth-order valence-electron chi connectivity index (χ4n) is 2.28. The van der Waals surface area contributed by atoms with Crippen molar-refractivity contribution < 1.29 is 23.5 Å². The van der Waals surface area contributed by atoms with Gasteiger partial charge in [0.1, 0.15) is 23.7 Å². The SMILES string of the molecule is CO/C=C(/C(=O)OC)c1ccccc1CO/N=C(\C)C#Cc1ccc(F)cc1. The Labute approximate surface area is 163 Å². The summed E-state index contributed by atoms with van der Waals surface area (Å²) in [5.41, 5.74) is 2.78. The number of rotatable bonds is 6. The summed E-state index contributed by atoms with van der Waals surface area (Å²) in [5.74, 6) is 4.88. The highest BCUT2D eigenvalue weighted by atomic mass is 19.1. The zero-order valence-electron chi connectivity index (χ0n) is 15.9. The molecule has 0 N–H and O–H groups in total. The summed E-state index contributed by atoms with van der Waals surface area (Å²) in [6.07, 6.45) is 1.33. The van der Waals surface area contributed by atoms with Gasteiger partial charge in [-0.2, -0.15) is 0 Å². The second-order valence-electron chi connectivity index (χ2n) is 5.62. The van der Waals surface area contributed by atoms with Crippen molar-refractivity contribution in [1.82, 2.24) is 0 Å². The molecule has 0 radical (unpaired) electrons. The number of benzene rings is 2. The first-order valence-electron chi connectivity index (χ1n) is 8.39. The van der Waals surface area contributed by atoms with Crippen LogP contribution in [0.5, 0.6) is 0 Å². The van der Waals surface area contributed by atoms with Crippen molar-refractivity contribution in [1.29, 1.82) is 0 Å². The van der Waals surface area contributed by atoms with Crippen molar-refractivity contribution in [3.8, 4) is 11.8 Å². The quantitative estimate of drug-likeness (QED) is 0.190. The molecular weight excluding hydrogens is 361 g/mol. The summed E-state index contributed by atoms with van der Waals surface area (Å²) in [6.45, 7) is 1.83. The van der Waals surface area contributed by atoms with E-state index < -0.39 is 5.97 Å². The van der Waals surface area contributed by atoms with Crippen molar-refractivity contribution in [2.45, 2.75) is 13.5 Å². The van der Waals surface area contributed by atoms with Crippen LogP contribution < -0.4 is 0 Å². The van der Waals surface area contributed by atoms with Crippen LogP contribution in [0.1, 0.15) is 23.6 Å². The van der Waals surface area contributed by atoms with Crippen LogP contribution in [-0.4, -0.2) is 25.9 Å². The Kier molecular flexibility index (Phi) is 7.79. The molecule has 0 aromatic heterocycles. The fourth-order valence-corrected chi connectivity index (χ4v) is 2.28. The molecule has 0 spiro atoms. The summed E-state index contributed by atoms with van der Waals surface area (Å²) >= 11 is 0. The molecule has 0 bridgehead atoms. The van der Waals surface area contributed by atoms with E-state index in [4.69, 9.17) is 14.3 Å². The molecule has 0 saturated heterocycles.